The summed E-state index contributed by atoms with van der Waals surface area (Å²) in [5.41, 5.74) is 0.331. The summed E-state index contributed by atoms with van der Waals surface area (Å²) in [6, 6.07) is 8.30. The highest BCUT2D eigenvalue weighted by Crippen LogP contribution is 1.96. The zero-order valence-electron chi connectivity index (χ0n) is 7.70. The molecule has 5 nitrogen and oxygen atoms in total. The Morgan fingerprint density at radius 2 is 1.87 bits per heavy atom. The van der Waals surface area contributed by atoms with Crippen LogP contribution in [0.2, 0.25) is 0 Å². The maximum atomic E-state index is 10.2. The van der Waals surface area contributed by atoms with Crippen LogP contribution in [-0.4, -0.2) is 17.0 Å². The predicted molar refractivity (Wildman–Crippen MR) is 52.4 cm³/mol. The molecule has 0 aliphatic carbocycles. The first kappa shape index (κ1) is 10.8. The van der Waals surface area contributed by atoms with Gasteiger partial charge in [0.05, 0.1) is 11.8 Å². The third-order valence-electron chi connectivity index (χ3n) is 1.46. The lowest BCUT2D eigenvalue weighted by molar-refractivity contribution is -0.113. The lowest BCUT2D eigenvalue weighted by atomic mass is 10.2. The number of carboxylic acids is 1. The topological polar surface area (TPSA) is 79.1 Å². The molecule has 1 aliphatic heterocycles. The van der Waals surface area contributed by atoms with Gasteiger partial charge in [0.1, 0.15) is 0 Å². The molecule has 0 unspecified atom stereocenters. The highest BCUT2D eigenvalue weighted by Gasteiger charge is 1.96. The first-order chi connectivity index (χ1) is 7.20. The van der Waals surface area contributed by atoms with Crippen molar-refractivity contribution in [3.63, 3.8) is 0 Å². The van der Waals surface area contributed by atoms with Crippen LogP contribution >= 0.6 is 0 Å². The van der Waals surface area contributed by atoms with Crippen molar-refractivity contribution in [3.8, 4) is 0 Å². The first-order valence-electron chi connectivity index (χ1n) is 4.10. The number of hydrogen-bond donors (Lipinski definition) is 1. The summed E-state index contributed by atoms with van der Waals surface area (Å²) in [5.74, 6) is -1.15. The molecule has 1 aromatic carbocycles. The molecule has 0 saturated carbocycles. The van der Waals surface area contributed by atoms with Crippen LogP contribution in [0, 0.1) is 0 Å². The summed E-state index contributed by atoms with van der Waals surface area (Å²) in [5, 5.41) is 14.8. The second-order valence-corrected chi connectivity index (χ2v) is 2.54. The molecule has 0 fully saturated rings. The summed E-state index contributed by atoms with van der Waals surface area (Å²) >= 11 is 0. The Morgan fingerprint density at radius 1 is 1.20 bits per heavy atom. The summed E-state index contributed by atoms with van der Waals surface area (Å²) in [7, 11) is 0. The number of carboxylic acid groups (broad SMARTS) is 1. The third-order valence-corrected chi connectivity index (χ3v) is 1.46. The van der Waals surface area contributed by atoms with Crippen LogP contribution in [0.4, 0.5) is 0 Å². The Bertz CT molecular complexity index is 396. The average Bonchev–Trinajstić information content (AvgIpc) is 2.71. The van der Waals surface area contributed by atoms with Crippen molar-refractivity contribution < 1.29 is 14.7 Å². The largest absolute Gasteiger partial charge is 0.478 e. The van der Waals surface area contributed by atoms with Crippen molar-refractivity contribution in [2.75, 3.05) is 0 Å². The molecule has 2 rings (SSSR count). The monoisotopic (exact) mass is 204 g/mol. The number of carbonyl (C=O) groups is 2. The molecule has 1 aromatic rings. The average molecular weight is 204 g/mol. The number of benzene rings is 1. The van der Waals surface area contributed by atoms with Gasteiger partial charge >= 0.3 is 5.97 Å². The number of aromatic carboxylic acids is 1. The number of amides is 1. The summed E-state index contributed by atoms with van der Waals surface area (Å²) in [6.07, 6.45) is 2.67. The van der Waals surface area contributed by atoms with E-state index in [-0.39, 0.29) is 5.91 Å². The van der Waals surface area contributed by atoms with Crippen molar-refractivity contribution in [3.05, 3.63) is 48.2 Å². The van der Waals surface area contributed by atoms with Crippen LogP contribution in [-0.2, 0) is 4.79 Å². The zero-order chi connectivity index (χ0) is 11.1. The minimum Gasteiger partial charge on any atom is -0.478 e. The zero-order valence-corrected chi connectivity index (χ0v) is 7.70. The van der Waals surface area contributed by atoms with Crippen molar-refractivity contribution in [1.82, 2.24) is 0 Å². The molecular formula is C10H8N2O3. The SMILES string of the molecule is O=C(O)c1ccccc1.O=C1C=CN=N1. The molecule has 1 amide bonds. The fourth-order valence-corrected chi connectivity index (χ4v) is 0.801. The van der Waals surface area contributed by atoms with Crippen LogP contribution in [0.15, 0.2) is 52.8 Å². The van der Waals surface area contributed by atoms with Gasteiger partial charge in [-0.2, -0.15) is 5.11 Å². The Kier molecular flexibility index (Phi) is 3.91. The van der Waals surface area contributed by atoms with Crippen LogP contribution in [0.1, 0.15) is 10.4 Å². The van der Waals surface area contributed by atoms with Gasteiger partial charge in [-0.1, -0.05) is 18.2 Å². The van der Waals surface area contributed by atoms with Crippen molar-refractivity contribution in [2.45, 2.75) is 0 Å². The van der Waals surface area contributed by atoms with E-state index in [0.717, 1.165) is 0 Å². The van der Waals surface area contributed by atoms with E-state index >= 15 is 0 Å². The lowest BCUT2D eigenvalue weighted by Gasteiger charge is -1.88. The normalized spacial score (nSPS) is 12.1. The summed E-state index contributed by atoms with van der Waals surface area (Å²) in [4.78, 5) is 20.1. The Balaban J connectivity index is 0.000000162. The number of rotatable bonds is 1. The second kappa shape index (κ2) is 5.43. The second-order valence-electron chi connectivity index (χ2n) is 2.54. The number of carbonyl (C=O) groups excluding carboxylic acids is 1. The predicted octanol–water partition coefficient (Wildman–Crippen LogP) is 1.88. The lowest BCUT2D eigenvalue weighted by Crippen LogP contribution is -1.93. The van der Waals surface area contributed by atoms with Crippen LogP contribution in [0.3, 0.4) is 0 Å². The molecule has 0 radical (unpaired) electrons. The number of hydrogen-bond acceptors (Lipinski definition) is 3. The van der Waals surface area contributed by atoms with Crippen LogP contribution in [0.25, 0.3) is 0 Å². The Labute approximate surface area is 85.8 Å². The molecule has 0 atom stereocenters. The standard InChI is InChI=1S/C7H6O2.C3H2N2O/c8-7(9)6-4-2-1-3-5-6;6-3-1-2-4-5-3/h1-5H,(H,8,9);1-2H. The van der Waals surface area contributed by atoms with Gasteiger partial charge in [0.2, 0.25) is 0 Å². The molecule has 15 heavy (non-hydrogen) atoms. The Hall–Kier alpha value is -2.30. The van der Waals surface area contributed by atoms with Crippen LogP contribution < -0.4 is 0 Å². The fourth-order valence-electron chi connectivity index (χ4n) is 0.801. The van der Waals surface area contributed by atoms with Gasteiger partial charge in [-0.25, -0.2) is 4.79 Å². The van der Waals surface area contributed by atoms with E-state index in [0.29, 0.717) is 5.56 Å². The van der Waals surface area contributed by atoms with E-state index in [1.54, 1.807) is 30.3 Å². The van der Waals surface area contributed by atoms with Crippen molar-refractivity contribution in [1.29, 1.82) is 0 Å². The van der Waals surface area contributed by atoms with E-state index < -0.39 is 5.97 Å². The minimum absolute atomic E-state index is 0.269. The van der Waals surface area contributed by atoms with Gasteiger partial charge in [0.25, 0.3) is 5.91 Å². The molecule has 0 spiro atoms. The van der Waals surface area contributed by atoms with E-state index in [4.69, 9.17) is 5.11 Å². The third kappa shape index (κ3) is 3.95. The van der Waals surface area contributed by atoms with E-state index in [1.165, 1.54) is 12.3 Å². The molecule has 0 bridgehead atoms. The van der Waals surface area contributed by atoms with Gasteiger partial charge in [-0.15, -0.1) is 5.11 Å². The van der Waals surface area contributed by atoms with Gasteiger partial charge in [-0.3, -0.25) is 4.79 Å². The van der Waals surface area contributed by atoms with Crippen LogP contribution in [0.5, 0.6) is 0 Å². The quantitative estimate of drug-likeness (QED) is 0.758. The molecule has 5 heteroatoms. The van der Waals surface area contributed by atoms with Crippen molar-refractivity contribution in [2.24, 2.45) is 10.2 Å². The minimum atomic E-state index is -0.879. The molecule has 1 heterocycles. The maximum absolute atomic E-state index is 10.2. The maximum Gasteiger partial charge on any atom is 0.335 e. The summed E-state index contributed by atoms with van der Waals surface area (Å²) in [6.45, 7) is 0. The fraction of sp³-hybridized carbons (Fsp3) is 0. The molecule has 1 N–H and O–H groups in total. The highest BCUT2D eigenvalue weighted by atomic mass is 16.4. The van der Waals surface area contributed by atoms with Crippen molar-refractivity contribution >= 4 is 11.9 Å². The number of azo groups is 1. The molecular weight excluding hydrogens is 196 g/mol. The van der Waals surface area contributed by atoms with Gasteiger partial charge in [-0.05, 0) is 12.1 Å². The van der Waals surface area contributed by atoms with E-state index in [9.17, 15) is 9.59 Å². The highest BCUT2D eigenvalue weighted by molar-refractivity contribution is 5.89. The van der Waals surface area contributed by atoms with E-state index in [2.05, 4.69) is 10.2 Å². The molecule has 0 saturated heterocycles. The molecule has 1 aliphatic rings. The van der Waals surface area contributed by atoms with Gasteiger partial charge < -0.3 is 5.11 Å². The van der Waals surface area contributed by atoms with Gasteiger partial charge in [0, 0.05) is 6.08 Å². The Morgan fingerprint density at radius 3 is 2.13 bits per heavy atom. The number of nitrogens with zero attached hydrogens (tertiary/aromatic N) is 2. The molecule has 76 valence electrons. The first-order valence-corrected chi connectivity index (χ1v) is 4.10. The smallest absolute Gasteiger partial charge is 0.335 e. The van der Waals surface area contributed by atoms with Gasteiger partial charge in [0.15, 0.2) is 0 Å². The van der Waals surface area contributed by atoms with E-state index in [1.807, 2.05) is 0 Å². The summed E-state index contributed by atoms with van der Waals surface area (Å²) < 4.78 is 0. The molecule has 0 aromatic heterocycles.